The Kier molecular flexibility index (Phi) is 7.59. The molecular formula is C19H24BrN3O3. The van der Waals surface area contributed by atoms with Crippen LogP contribution in [0.5, 0.6) is 17.2 Å². The molecule has 2 aromatic carbocycles. The first-order valence-electron chi connectivity index (χ1n) is 8.19. The normalized spacial score (nSPS) is 12.4. The molecule has 140 valence electrons. The monoisotopic (exact) mass is 421 g/mol. The lowest BCUT2D eigenvalue weighted by atomic mass is 10.2. The van der Waals surface area contributed by atoms with Gasteiger partial charge in [-0.2, -0.15) is 0 Å². The first-order valence-corrected chi connectivity index (χ1v) is 8.98. The highest BCUT2D eigenvalue weighted by atomic mass is 79.9. The van der Waals surface area contributed by atoms with Gasteiger partial charge in [0.1, 0.15) is 11.9 Å². The van der Waals surface area contributed by atoms with E-state index in [1.165, 1.54) is 0 Å². The number of para-hydroxylation sites is 1. The summed E-state index contributed by atoms with van der Waals surface area (Å²) in [6.07, 6.45) is -0.0662. The van der Waals surface area contributed by atoms with Crippen molar-refractivity contribution in [1.82, 2.24) is 5.32 Å². The fraction of sp³-hybridized carbons (Fsp3) is 0.316. The standard InChI is InChI=1S/C19H24BrN3O3/c1-13(26-16-7-5-4-6-15(16)20)11-22-19(21)23-12-14-8-9-17(24-2)18(10-14)25-3/h4-10,13H,11-12H2,1-3H3,(H3,21,22,23). The number of halogens is 1. The van der Waals surface area contributed by atoms with Crippen LogP contribution in [-0.2, 0) is 6.54 Å². The summed E-state index contributed by atoms with van der Waals surface area (Å²) in [5.41, 5.74) is 6.91. The molecule has 0 fully saturated rings. The maximum atomic E-state index is 5.94. The summed E-state index contributed by atoms with van der Waals surface area (Å²) in [6.45, 7) is 2.95. The minimum absolute atomic E-state index is 0.0662. The molecular weight excluding hydrogens is 398 g/mol. The fourth-order valence-corrected chi connectivity index (χ4v) is 2.64. The number of nitrogens with one attached hydrogen (secondary N) is 1. The molecule has 0 aliphatic rings. The highest BCUT2D eigenvalue weighted by Crippen LogP contribution is 2.27. The number of nitrogens with two attached hydrogens (primary N) is 1. The number of rotatable bonds is 8. The third-order valence-electron chi connectivity index (χ3n) is 3.62. The van der Waals surface area contributed by atoms with E-state index >= 15 is 0 Å². The van der Waals surface area contributed by atoms with E-state index in [1.807, 2.05) is 49.4 Å². The molecule has 1 atom stereocenters. The van der Waals surface area contributed by atoms with Crippen molar-refractivity contribution in [3.63, 3.8) is 0 Å². The summed E-state index contributed by atoms with van der Waals surface area (Å²) < 4.78 is 17.3. The molecule has 0 spiro atoms. The summed E-state index contributed by atoms with van der Waals surface area (Å²) in [4.78, 5) is 4.34. The van der Waals surface area contributed by atoms with E-state index in [-0.39, 0.29) is 6.10 Å². The summed E-state index contributed by atoms with van der Waals surface area (Å²) in [6, 6.07) is 13.4. The number of ether oxygens (including phenoxy) is 3. The maximum absolute atomic E-state index is 5.94. The van der Waals surface area contributed by atoms with Gasteiger partial charge < -0.3 is 25.3 Å². The maximum Gasteiger partial charge on any atom is 0.189 e. The van der Waals surface area contributed by atoms with Crippen molar-refractivity contribution in [2.45, 2.75) is 19.6 Å². The van der Waals surface area contributed by atoms with E-state index in [2.05, 4.69) is 26.2 Å². The Morgan fingerprint density at radius 1 is 1.12 bits per heavy atom. The van der Waals surface area contributed by atoms with Crippen LogP contribution in [0, 0.1) is 0 Å². The van der Waals surface area contributed by atoms with Gasteiger partial charge in [0.25, 0.3) is 0 Å². The Morgan fingerprint density at radius 3 is 2.54 bits per heavy atom. The number of guanidine groups is 1. The van der Waals surface area contributed by atoms with Gasteiger partial charge in [0.15, 0.2) is 17.5 Å². The van der Waals surface area contributed by atoms with Crippen LogP contribution in [-0.4, -0.2) is 32.8 Å². The van der Waals surface area contributed by atoms with E-state index in [4.69, 9.17) is 19.9 Å². The Balaban J connectivity index is 1.85. The average molecular weight is 422 g/mol. The summed E-state index contributed by atoms with van der Waals surface area (Å²) >= 11 is 3.46. The van der Waals surface area contributed by atoms with Crippen molar-refractivity contribution in [3.8, 4) is 17.2 Å². The minimum Gasteiger partial charge on any atom is -0.493 e. The zero-order valence-corrected chi connectivity index (χ0v) is 16.7. The van der Waals surface area contributed by atoms with Crippen LogP contribution >= 0.6 is 15.9 Å². The van der Waals surface area contributed by atoms with Gasteiger partial charge in [-0.25, -0.2) is 4.99 Å². The van der Waals surface area contributed by atoms with Crippen LogP contribution in [0.2, 0.25) is 0 Å². The van der Waals surface area contributed by atoms with Crippen LogP contribution in [0.15, 0.2) is 51.9 Å². The van der Waals surface area contributed by atoms with Crippen molar-refractivity contribution >= 4 is 21.9 Å². The van der Waals surface area contributed by atoms with Gasteiger partial charge >= 0.3 is 0 Å². The molecule has 0 heterocycles. The van der Waals surface area contributed by atoms with Crippen molar-refractivity contribution in [1.29, 1.82) is 0 Å². The fourth-order valence-electron chi connectivity index (χ4n) is 2.26. The molecule has 0 aliphatic heterocycles. The molecule has 0 bridgehead atoms. The predicted molar refractivity (Wildman–Crippen MR) is 107 cm³/mol. The van der Waals surface area contributed by atoms with Crippen molar-refractivity contribution < 1.29 is 14.2 Å². The molecule has 2 rings (SSSR count). The number of hydrogen-bond donors (Lipinski definition) is 2. The predicted octanol–water partition coefficient (Wildman–Crippen LogP) is 3.34. The van der Waals surface area contributed by atoms with E-state index in [1.54, 1.807) is 14.2 Å². The van der Waals surface area contributed by atoms with E-state index < -0.39 is 0 Å². The summed E-state index contributed by atoms with van der Waals surface area (Å²) in [5, 5.41) is 3.08. The molecule has 7 heteroatoms. The lowest BCUT2D eigenvalue weighted by Crippen LogP contribution is -2.38. The zero-order valence-electron chi connectivity index (χ0n) is 15.2. The van der Waals surface area contributed by atoms with Gasteiger partial charge in [0, 0.05) is 0 Å². The Hall–Kier alpha value is -2.41. The smallest absolute Gasteiger partial charge is 0.189 e. The number of hydrogen-bond acceptors (Lipinski definition) is 4. The Labute approximate surface area is 162 Å². The first kappa shape index (κ1) is 19.9. The van der Waals surface area contributed by atoms with Gasteiger partial charge in [0.2, 0.25) is 0 Å². The van der Waals surface area contributed by atoms with E-state index in [0.717, 1.165) is 15.8 Å². The average Bonchev–Trinajstić information content (AvgIpc) is 2.66. The topological polar surface area (TPSA) is 78.1 Å². The number of benzene rings is 2. The first-order chi connectivity index (χ1) is 12.5. The summed E-state index contributed by atoms with van der Waals surface area (Å²) in [7, 11) is 3.21. The molecule has 0 saturated heterocycles. The third-order valence-corrected chi connectivity index (χ3v) is 4.27. The lowest BCUT2D eigenvalue weighted by Gasteiger charge is -2.16. The number of aliphatic imine (C=N–C) groups is 1. The molecule has 3 N–H and O–H groups in total. The molecule has 2 aromatic rings. The minimum atomic E-state index is -0.0662. The zero-order chi connectivity index (χ0) is 18.9. The lowest BCUT2D eigenvalue weighted by molar-refractivity contribution is 0.222. The van der Waals surface area contributed by atoms with Gasteiger partial charge in [0.05, 0.1) is 31.8 Å². The van der Waals surface area contributed by atoms with Gasteiger partial charge in [-0.05, 0) is 52.7 Å². The second-order valence-electron chi connectivity index (χ2n) is 5.63. The highest BCUT2D eigenvalue weighted by Gasteiger charge is 2.07. The van der Waals surface area contributed by atoms with Gasteiger partial charge in [-0.1, -0.05) is 18.2 Å². The second kappa shape index (κ2) is 9.91. The van der Waals surface area contributed by atoms with Crippen molar-refractivity contribution in [3.05, 3.63) is 52.5 Å². The molecule has 0 aliphatic carbocycles. The van der Waals surface area contributed by atoms with Gasteiger partial charge in [-0.15, -0.1) is 0 Å². The van der Waals surface area contributed by atoms with Crippen molar-refractivity contribution in [2.24, 2.45) is 10.7 Å². The highest BCUT2D eigenvalue weighted by molar-refractivity contribution is 9.10. The van der Waals surface area contributed by atoms with Crippen LogP contribution in [0.25, 0.3) is 0 Å². The number of nitrogens with zero attached hydrogens (tertiary/aromatic N) is 1. The van der Waals surface area contributed by atoms with Crippen LogP contribution in [0.4, 0.5) is 0 Å². The largest absolute Gasteiger partial charge is 0.493 e. The van der Waals surface area contributed by atoms with Crippen molar-refractivity contribution in [2.75, 3.05) is 20.8 Å². The van der Waals surface area contributed by atoms with Crippen LogP contribution < -0.4 is 25.3 Å². The Morgan fingerprint density at radius 2 is 1.85 bits per heavy atom. The van der Waals surface area contributed by atoms with E-state index in [9.17, 15) is 0 Å². The number of methoxy groups -OCH3 is 2. The molecule has 0 aromatic heterocycles. The van der Waals surface area contributed by atoms with Crippen LogP contribution in [0.1, 0.15) is 12.5 Å². The second-order valence-corrected chi connectivity index (χ2v) is 6.48. The molecule has 6 nitrogen and oxygen atoms in total. The molecule has 1 unspecified atom stereocenters. The molecule has 26 heavy (non-hydrogen) atoms. The van der Waals surface area contributed by atoms with E-state index in [0.29, 0.717) is 30.5 Å². The molecule has 0 amide bonds. The Bertz CT molecular complexity index is 753. The molecule has 0 radical (unpaired) electrons. The molecule has 0 saturated carbocycles. The third kappa shape index (κ3) is 5.84. The van der Waals surface area contributed by atoms with Crippen LogP contribution in [0.3, 0.4) is 0 Å². The summed E-state index contributed by atoms with van der Waals surface area (Å²) in [5.74, 6) is 2.51. The SMILES string of the molecule is COc1ccc(CN=C(N)NCC(C)Oc2ccccc2Br)cc1OC. The van der Waals surface area contributed by atoms with Gasteiger partial charge in [-0.3, -0.25) is 0 Å². The quantitative estimate of drug-likeness (QED) is 0.504.